The Bertz CT molecular complexity index is 1430. The number of para-hydroxylation sites is 2. The minimum absolute atomic E-state index is 0.217. The Morgan fingerprint density at radius 2 is 0.710 bits per heavy atom. The van der Waals surface area contributed by atoms with E-state index < -0.39 is 11.9 Å². The molecule has 0 amide bonds. The molecular weight excluding hydrogens is 785 g/mol. The SMILES string of the molecule is CCC(C)COC(=O)C1CCCCC1C(=O)OCC(C)CC.CCC(C)COC(=O)c1ccccc1C(=O)OCC(C)CC.CCC(C)COc1ccccc1OCC(C)CC. The van der Waals surface area contributed by atoms with Crippen LogP contribution in [0, 0.1) is 47.3 Å². The maximum Gasteiger partial charge on any atom is 0.339 e. The molecule has 0 heterocycles. The van der Waals surface area contributed by atoms with Crippen LogP contribution in [0.1, 0.15) is 168 Å². The standard InChI is InChI=1S/C18H32O4.C18H26O4.C16H26O2/c2*1-5-13(3)11-21-17(19)15-9-7-8-10-16(15)18(20)22-12-14(4)6-2;1-5-13(3)11-17-15-9-7-8-10-16(15)18-12-14(4)6-2/h13-16H,5-12H2,1-4H3;7-10,13-14H,5-6,11-12H2,1-4H3;7-10,13-14H,5-6,11-12H2,1-4H3. The Morgan fingerprint density at radius 3 is 1.02 bits per heavy atom. The third-order valence-corrected chi connectivity index (χ3v) is 11.8. The molecule has 1 saturated carbocycles. The van der Waals surface area contributed by atoms with Crippen LogP contribution in [0.25, 0.3) is 0 Å². The molecule has 0 N–H and O–H groups in total. The third-order valence-electron chi connectivity index (χ3n) is 11.8. The fraction of sp³-hybridized carbons (Fsp3) is 0.692. The second-order valence-corrected chi connectivity index (χ2v) is 17.6. The van der Waals surface area contributed by atoms with E-state index in [4.69, 9.17) is 28.4 Å². The molecule has 0 aliphatic heterocycles. The lowest BCUT2D eigenvalue weighted by Crippen LogP contribution is -2.36. The summed E-state index contributed by atoms with van der Waals surface area (Å²) in [6.45, 7) is 28.2. The van der Waals surface area contributed by atoms with E-state index in [-0.39, 0.29) is 34.9 Å². The van der Waals surface area contributed by atoms with Crippen molar-refractivity contribution in [1.29, 1.82) is 0 Å². The zero-order chi connectivity index (χ0) is 46.5. The number of hydrogen-bond acceptors (Lipinski definition) is 10. The monoisotopic (exact) mass is 869 g/mol. The minimum atomic E-state index is -0.476. The maximum absolute atomic E-state index is 12.3. The molecule has 1 aliphatic carbocycles. The van der Waals surface area contributed by atoms with Crippen molar-refractivity contribution in [2.45, 2.75) is 147 Å². The van der Waals surface area contributed by atoms with E-state index >= 15 is 0 Å². The number of hydrogen-bond donors (Lipinski definition) is 0. The Balaban J connectivity index is 0.000000468. The highest BCUT2D eigenvalue weighted by atomic mass is 16.6. The summed E-state index contributed by atoms with van der Waals surface area (Å²) in [5.41, 5.74) is 0.528. The summed E-state index contributed by atoms with van der Waals surface area (Å²) in [4.78, 5) is 48.9. The number of carbonyl (C=O) groups is 4. The first-order valence-corrected chi connectivity index (χ1v) is 23.8. The molecular formula is C52H84O10. The lowest BCUT2D eigenvalue weighted by atomic mass is 9.79. The van der Waals surface area contributed by atoms with Gasteiger partial charge in [0.15, 0.2) is 11.5 Å². The highest BCUT2D eigenvalue weighted by Gasteiger charge is 2.38. The first kappa shape index (κ1) is 55.9. The first-order chi connectivity index (χ1) is 29.6. The van der Waals surface area contributed by atoms with Gasteiger partial charge in [-0.1, -0.05) is 159 Å². The van der Waals surface area contributed by atoms with Gasteiger partial charge in [-0.2, -0.15) is 0 Å². The van der Waals surface area contributed by atoms with Gasteiger partial charge in [-0.3, -0.25) is 9.59 Å². The number of rotatable bonds is 24. The zero-order valence-corrected chi connectivity index (χ0v) is 40.6. The second-order valence-electron chi connectivity index (χ2n) is 17.6. The molecule has 62 heavy (non-hydrogen) atoms. The van der Waals surface area contributed by atoms with Crippen molar-refractivity contribution < 1.29 is 47.6 Å². The molecule has 10 heteroatoms. The molecule has 0 bridgehead atoms. The Labute approximate surface area is 375 Å². The van der Waals surface area contributed by atoms with Crippen LogP contribution in [0.2, 0.25) is 0 Å². The molecule has 0 aromatic heterocycles. The van der Waals surface area contributed by atoms with E-state index in [0.717, 1.165) is 88.9 Å². The minimum Gasteiger partial charge on any atom is -0.489 e. The van der Waals surface area contributed by atoms with Crippen molar-refractivity contribution in [3.8, 4) is 11.5 Å². The van der Waals surface area contributed by atoms with Crippen molar-refractivity contribution in [2.75, 3.05) is 39.6 Å². The summed E-state index contributed by atoms with van der Waals surface area (Å²) in [5.74, 6) is 2.18. The van der Waals surface area contributed by atoms with E-state index in [2.05, 4.69) is 55.4 Å². The number of esters is 4. The molecule has 2 aromatic rings. The molecule has 3 rings (SSSR count). The maximum atomic E-state index is 12.3. The highest BCUT2D eigenvalue weighted by Crippen LogP contribution is 2.32. The van der Waals surface area contributed by atoms with E-state index in [0.29, 0.717) is 61.9 Å². The van der Waals surface area contributed by atoms with E-state index in [1.54, 1.807) is 24.3 Å². The van der Waals surface area contributed by atoms with Crippen molar-refractivity contribution in [3.05, 3.63) is 59.7 Å². The van der Waals surface area contributed by atoms with Gasteiger partial charge in [-0.25, -0.2) is 9.59 Å². The van der Waals surface area contributed by atoms with Crippen LogP contribution in [0.4, 0.5) is 0 Å². The number of benzene rings is 2. The topological polar surface area (TPSA) is 124 Å². The third kappa shape index (κ3) is 22.3. The summed E-state index contributed by atoms with van der Waals surface area (Å²) in [7, 11) is 0. The average Bonchev–Trinajstić information content (AvgIpc) is 3.31. The predicted molar refractivity (Wildman–Crippen MR) is 249 cm³/mol. The number of ether oxygens (including phenoxy) is 6. The second kappa shape index (κ2) is 32.6. The lowest BCUT2D eigenvalue weighted by molar-refractivity contribution is -0.164. The summed E-state index contributed by atoms with van der Waals surface area (Å²) < 4.78 is 33.0. The van der Waals surface area contributed by atoms with Crippen molar-refractivity contribution in [3.63, 3.8) is 0 Å². The zero-order valence-electron chi connectivity index (χ0n) is 40.6. The molecule has 0 saturated heterocycles. The fourth-order valence-corrected chi connectivity index (χ4v) is 5.65. The summed E-state index contributed by atoms with van der Waals surface area (Å²) >= 11 is 0. The molecule has 10 nitrogen and oxygen atoms in total. The van der Waals surface area contributed by atoms with Crippen LogP contribution in [0.5, 0.6) is 11.5 Å². The van der Waals surface area contributed by atoms with E-state index in [1.807, 2.05) is 52.0 Å². The molecule has 352 valence electrons. The largest absolute Gasteiger partial charge is 0.489 e. The van der Waals surface area contributed by atoms with Gasteiger partial charge in [-0.15, -0.1) is 0 Å². The Kier molecular flexibility index (Phi) is 29.4. The lowest BCUT2D eigenvalue weighted by Gasteiger charge is -2.29. The average molecular weight is 869 g/mol. The summed E-state index contributed by atoms with van der Waals surface area (Å²) in [6, 6.07) is 14.6. The molecule has 8 atom stereocenters. The van der Waals surface area contributed by atoms with Crippen LogP contribution in [-0.4, -0.2) is 63.5 Å². The Morgan fingerprint density at radius 1 is 0.435 bits per heavy atom. The smallest absolute Gasteiger partial charge is 0.339 e. The normalized spacial score (nSPS) is 17.4. The molecule has 0 spiro atoms. The van der Waals surface area contributed by atoms with Gasteiger partial charge < -0.3 is 28.4 Å². The highest BCUT2D eigenvalue weighted by molar-refractivity contribution is 6.03. The Hall–Kier alpha value is -4.08. The van der Waals surface area contributed by atoms with Gasteiger partial charge in [0.2, 0.25) is 0 Å². The van der Waals surface area contributed by atoms with Crippen molar-refractivity contribution in [2.24, 2.45) is 47.3 Å². The molecule has 8 unspecified atom stereocenters. The molecule has 1 fully saturated rings. The van der Waals surface area contributed by atoms with E-state index in [9.17, 15) is 19.2 Å². The quantitative estimate of drug-likeness (QED) is 0.0744. The number of carbonyl (C=O) groups excluding carboxylic acids is 4. The van der Waals surface area contributed by atoms with Gasteiger partial charge in [-0.05, 0) is 72.6 Å². The van der Waals surface area contributed by atoms with Gasteiger partial charge in [0.25, 0.3) is 0 Å². The van der Waals surface area contributed by atoms with Gasteiger partial charge in [0.05, 0.1) is 62.6 Å². The fourth-order valence-electron chi connectivity index (χ4n) is 5.65. The van der Waals surface area contributed by atoms with Gasteiger partial charge in [0.1, 0.15) is 0 Å². The van der Waals surface area contributed by atoms with Crippen molar-refractivity contribution >= 4 is 23.9 Å². The summed E-state index contributed by atoms with van der Waals surface area (Å²) in [5, 5.41) is 0. The van der Waals surface area contributed by atoms with Gasteiger partial charge in [0, 0.05) is 0 Å². The predicted octanol–water partition coefficient (Wildman–Crippen LogP) is 12.6. The van der Waals surface area contributed by atoms with Crippen LogP contribution in [0.3, 0.4) is 0 Å². The van der Waals surface area contributed by atoms with Crippen LogP contribution in [-0.2, 0) is 28.5 Å². The summed E-state index contributed by atoms with van der Waals surface area (Å²) in [6.07, 6.45) is 9.56. The van der Waals surface area contributed by atoms with Crippen molar-refractivity contribution in [1.82, 2.24) is 0 Å². The molecule has 2 aromatic carbocycles. The van der Waals surface area contributed by atoms with Crippen LogP contribution >= 0.6 is 0 Å². The molecule has 1 aliphatic rings. The molecule has 0 radical (unpaired) electrons. The van der Waals surface area contributed by atoms with Crippen LogP contribution in [0.15, 0.2) is 48.5 Å². The first-order valence-electron chi connectivity index (χ1n) is 23.8. The van der Waals surface area contributed by atoms with Crippen LogP contribution < -0.4 is 9.47 Å². The van der Waals surface area contributed by atoms with Gasteiger partial charge >= 0.3 is 23.9 Å². The van der Waals surface area contributed by atoms with E-state index in [1.165, 1.54) is 0 Å².